The molecular weight excluding hydrogens is 476 g/mol. The summed E-state index contributed by atoms with van der Waals surface area (Å²) in [6, 6.07) is 5.15. The monoisotopic (exact) mass is 516 g/mol. The number of carbonyl (C=O) groups is 4. The molecule has 3 rings (SSSR count). The van der Waals surface area contributed by atoms with Gasteiger partial charge in [-0.3, -0.25) is 19.2 Å². The Morgan fingerprint density at radius 1 is 1.14 bits per heavy atom. The predicted octanol–water partition coefficient (Wildman–Crippen LogP) is 1.58. The SMILES string of the molecule is COC[C@@H]1CCCN1C(=O)[C@@H]1CCC(=O)N[C@@H](CC(C)C)C(=O)N(C)CCOc2ccccc2C(=O)N1. The summed E-state index contributed by atoms with van der Waals surface area (Å²) in [5.74, 6) is -0.662. The van der Waals surface area contributed by atoms with Gasteiger partial charge >= 0.3 is 0 Å². The maximum atomic E-state index is 13.6. The number of rotatable bonds is 5. The van der Waals surface area contributed by atoms with E-state index in [-0.39, 0.29) is 55.7 Å². The van der Waals surface area contributed by atoms with Crippen LogP contribution in [0.5, 0.6) is 5.75 Å². The molecule has 37 heavy (non-hydrogen) atoms. The normalized spacial score (nSPS) is 24.0. The summed E-state index contributed by atoms with van der Waals surface area (Å²) >= 11 is 0. The zero-order valence-corrected chi connectivity index (χ0v) is 22.3. The lowest BCUT2D eigenvalue weighted by Gasteiger charge is -2.29. The van der Waals surface area contributed by atoms with E-state index in [1.807, 2.05) is 13.8 Å². The molecule has 0 radical (unpaired) electrons. The van der Waals surface area contributed by atoms with Crippen molar-refractivity contribution >= 4 is 23.6 Å². The van der Waals surface area contributed by atoms with Gasteiger partial charge in [-0.25, -0.2) is 0 Å². The number of nitrogens with one attached hydrogen (secondary N) is 2. The third-order valence-corrected chi connectivity index (χ3v) is 6.82. The van der Waals surface area contributed by atoms with Gasteiger partial charge in [0.05, 0.1) is 24.8 Å². The maximum Gasteiger partial charge on any atom is 0.255 e. The molecule has 0 unspecified atom stereocenters. The molecule has 2 N–H and O–H groups in total. The van der Waals surface area contributed by atoms with E-state index in [4.69, 9.17) is 9.47 Å². The Morgan fingerprint density at radius 3 is 2.62 bits per heavy atom. The minimum Gasteiger partial charge on any atom is -0.491 e. The molecule has 0 bridgehead atoms. The van der Waals surface area contributed by atoms with Gasteiger partial charge in [-0.1, -0.05) is 26.0 Å². The number of hydrogen-bond donors (Lipinski definition) is 2. The van der Waals surface area contributed by atoms with E-state index in [0.29, 0.717) is 30.9 Å². The molecule has 0 spiro atoms. The van der Waals surface area contributed by atoms with Crippen LogP contribution in [-0.4, -0.2) is 92.0 Å². The van der Waals surface area contributed by atoms with Crippen molar-refractivity contribution in [3.8, 4) is 5.75 Å². The lowest BCUT2D eigenvalue weighted by Crippen LogP contribution is -2.52. The number of fused-ring (bicyclic) bond motifs is 1. The number of hydrogen-bond acceptors (Lipinski definition) is 6. The fraction of sp³-hybridized carbons (Fsp3) is 0.630. The van der Waals surface area contributed by atoms with E-state index in [9.17, 15) is 19.2 Å². The van der Waals surface area contributed by atoms with E-state index >= 15 is 0 Å². The van der Waals surface area contributed by atoms with Gasteiger partial charge in [0.15, 0.2) is 0 Å². The summed E-state index contributed by atoms with van der Waals surface area (Å²) in [6.07, 6.45) is 2.26. The number of benzene rings is 1. The molecule has 1 aromatic carbocycles. The number of likely N-dealkylation sites (tertiary alicyclic amines) is 1. The van der Waals surface area contributed by atoms with Gasteiger partial charge in [-0.2, -0.15) is 0 Å². The molecule has 2 aliphatic rings. The van der Waals surface area contributed by atoms with Gasteiger partial charge in [0, 0.05) is 27.1 Å². The van der Waals surface area contributed by atoms with Crippen molar-refractivity contribution in [3.05, 3.63) is 29.8 Å². The van der Waals surface area contributed by atoms with E-state index in [2.05, 4.69) is 10.6 Å². The number of para-hydroxylation sites is 1. The molecule has 10 nitrogen and oxygen atoms in total. The summed E-state index contributed by atoms with van der Waals surface area (Å²) in [5, 5.41) is 5.71. The van der Waals surface area contributed by atoms with Crippen LogP contribution >= 0.6 is 0 Å². The Balaban J connectivity index is 1.89. The largest absolute Gasteiger partial charge is 0.491 e. The lowest BCUT2D eigenvalue weighted by molar-refractivity contribution is -0.137. The Kier molecular flexibility index (Phi) is 10.3. The molecule has 2 aliphatic heterocycles. The van der Waals surface area contributed by atoms with Gasteiger partial charge in [0.2, 0.25) is 17.7 Å². The predicted molar refractivity (Wildman–Crippen MR) is 138 cm³/mol. The summed E-state index contributed by atoms with van der Waals surface area (Å²) < 4.78 is 11.2. The third kappa shape index (κ3) is 7.67. The Morgan fingerprint density at radius 2 is 1.89 bits per heavy atom. The fourth-order valence-corrected chi connectivity index (χ4v) is 4.87. The molecule has 1 aromatic rings. The van der Waals surface area contributed by atoms with Crippen LogP contribution in [0.25, 0.3) is 0 Å². The molecule has 0 saturated carbocycles. The van der Waals surface area contributed by atoms with Crippen molar-refractivity contribution in [3.63, 3.8) is 0 Å². The first-order valence-electron chi connectivity index (χ1n) is 13.1. The number of amides is 4. The quantitative estimate of drug-likeness (QED) is 0.614. The second kappa shape index (κ2) is 13.4. The zero-order valence-electron chi connectivity index (χ0n) is 22.3. The zero-order chi connectivity index (χ0) is 26.9. The van der Waals surface area contributed by atoms with Gasteiger partial charge < -0.3 is 29.9 Å². The highest BCUT2D eigenvalue weighted by Crippen LogP contribution is 2.22. The number of ether oxygens (including phenoxy) is 2. The highest BCUT2D eigenvalue weighted by Gasteiger charge is 2.35. The van der Waals surface area contributed by atoms with E-state index in [1.165, 1.54) is 4.90 Å². The minimum absolute atomic E-state index is 0.0107. The summed E-state index contributed by atoms with van der Waals surface area (Å²) in [4.78, 5) is 56.2. The molecular formula is C27H40N4O6. The highest BCUT2D eigenvalue weighted by atomic mass is 16.5. The lowest BCUT2D eigenvalue weighted by atomic mass is 10.0. The van der Waals surface area contributed by atoms with Gasteiger partial charge in [0.1, 0.15) is 24.4 Å². The first kappa shape index (κ1) is 28.4. The number of nitrogens with zero attached hydrogens (tertiary/aromatic N) is 2. The fourth-order valence-electron chi connectivity index (χ4n) is 4.87. The Bertz CT molecular complexity index is 968. The number of methoxy groups -OCH3 is 1. The standard InChI is InChI=1S/C27H40N4O6/c1-18(2)16-22-26(34)30(3)14-15-37-23-10-6-5-9-20(23)25(33)29-21(11-12-24(32)28-22)27(35)31-13-7-8-19(31)17-36-4/h5-6,9-10,18-19,21-22H,7-8,11-17H2,1-4H3,(H,28,32)(H,29,33)/t19-,21-,22-/m0/s1. The Hall–Kier alpha value is -3.14. The molecule has 1 fully saturated rings. The van der Waals surface area contributed by atoms with Crippen molar-refractivity contribution in [1.82, 2.24) is 20.4 Å². The first-order valence-corrected chi connectivity index (χ1v) is 13.1. The molecule has 1 saturated heterocycles. The van der Waals surface area contributed by atoms with Crippen molar-refractivity contribution in [2.24, 2.45) is 5.92 Å². The molecule has 10 heteroatoms. The molecule has 0 aromatic heterocycles. The highest BCUT2D eigenvalue weighted by molar-refractivity contribution is 6.00. The van der Waals surface area contributed by atoms with Crippen LogP contribution in [0.2, 0.25) is 0 Å². The van der Waals surface area contributed by atoms with Gasteiger partial charge in [-0.05, 0) is 43.7 Å². The van der Waals surface area contributed by atoms with Gasteiger partial charge in [0.25, 0.3) is 5.91 Å². The maximum absolute atomic E-state index is 13.6. The topological polar surface area (TPSA) is 117 Å². The smallest absolute Gasteiger partial charge is 0.255 e. The molecule has 2 heterocycles. The second-order valence-corrected chi connectivity index (χ2v) is 10.2. The van der Waals surface area contributed by atoms with Crippen molar-refractivity contribution in [2.75, 3.05) is 40.5 Å². The van der Waals surface area contributed by atoms with Gasteiger partial charge in [-0.15, -0.1) is 0 Å². The number of carbonyl (C=O) groups excluding carboxylic acids is 4. The van der Waals surface area contributed by atoms with Crippen molar-refractivity contribution < 1.29 is 28.7 Å². The summed E-state index contributed by atoms with van der Waals surface area (Å²) in [6.45, 7) is 5.43. The Labute approximate surface area is 219 Å². The van der Waals surface area contributed by atoms with Crippen molar-refractivity contribution in [2.45, 2.75) is 64.1 Å². The van der Waals surface area contributed by atoms with Crippen LogP contribution in [0.15, 0.2) is 24.3 Å². The summed E-state index contributed by atoms with van der Waals surface area (Å²) in [7, 11) is 3.27. The van der Waals surface area contributed by atoms with Crippen LogP contribution in [0, 0.1) is 5.92 Å². The van der Waals surface area contributed by atoms with Crippen LogP contribution in [0.1, 0.15) is 56.3 Å². The third-order valence-electron chi connectivity index (χ3n) is 6.82. The molecule has 204 valence electrons. The average Bonchev–Trinajstić information content (AvgIpc) is 3.33. The first-order chi connectivity index (χ1) is 17.7. The molecule has 4 amide bonds. The van der Waals surface area contributed by atoms with Crippen LogP contribution in [0.3, 0.4) is 0 Å². The van der Waals surface area contributed by atoms with Crippen molar-refractivity contribution in [1.29, 1.82) is 0 Å². The molecule has 0 aliphatic carbocycles. The molecule has 3 atom stereocenters. The van der Waals surface area contributed by atoms with E-state index in [1.54, 1.807) is 43.3 Å². The average molecular weight is 517 g/mol. The van der Waals surface area contributed by atoms with Crippen LogP contribution < -0.4 is 15.4 Å². The van der Waals surface area contributed by atoms with E-state index in [0.717, 1.165) is 12.8 Å². The van der Waals surface area contributed by atoms with Crippen LogP contribution in [-0.2, 0) is 19.1 Å². The minimum atomic E-state index is -0.907. The van der Waals surface area contributed by atoms with Crippen LogP contribution in [0.4, 0.5) is 0 Å². The second-order valence-electron chi connectivity index (χ2n) is 10.2. The number of likely N-dealkylation sites (N-methyl/N-ethyl adjacent to an activating group) is 1. The van der Waals surface area contributed by atoms with E-state index < -0.39 is 18.0 Å². The summed E-state index contributed by atoms with van der Waals surface area (Å²) in [5.41, 5.74) is 0.293.